The molecular weight excluding hydrogens is 957 g/mol. The van der Waals surface area contributed by atoms with E-state index in [1.54, 1.807) is 30.1 Å². The molecule has 1 aliphatic carbocycles. The Labute approximate surface area is 423 Å². The van der Waals surface area contributed by atoms with Crippen LogP contribution in [0, 0.1) is 6.92 Å². The predicted molar refractivity (Wildman–Crippen MR) is 265 cm³/mol. The molecule has 24 heteroatoms. The number of pyridine rings is 2. The molecule has 0 radical (unpaired) electrons. The van der Waals surface area contributed by atoms with Crippen LogP contribution in [0.15, 0.2) is 53.7 Å². The topological polar surface area (TPSA) is 295 Å². The highest BCUT2D eigenvalue weighted by Gasteiger charge is 2.46. The summed E-state index contributed by atoms with van der Waals surface area (Å²) in [5.41, 5.74) is 2.43. The van der Waals surface area contributed by atoms with Crippen LogP contribution in [0.25, 0.3) is 11.0 Å². The third-order valence-electron chi connectivity index (χ3n) is 13.8. The first-order chi connectivity index (χ1) is 35.7. The van der Waals surface area contributed by atoms with Gasteiger partial charge in [0.2, 0.25) is 29.6 Å². The van der Waals surface area contributed by atoms with Gasteiger partial charge in [0.1, 0.15) is 29.8 Å². The maximum Gasteiger partial charge on any atom is 0.266 e. The van der Waals surface area contributed by atoms with Crippen molar-refractivity contribution in [2.45, 2.75) is 96.7 Å². The van der Waals surface area contributed by atoms with E-state index in [1.165, 1.54) is 29.8 Å². The highest BCUT2D eigenvalue weighted by Crippen LogP contribution is 2.34. The molecule has 1 unspecified atom stereocenters. The molecule has 3 fully saturated rings. The summed E-state index contributed by atoms with van der Waals surface area (Å²) in [6.45, 7) is 5.62. The molecule has 0 bridgehead atoms. The van der Waals surface area contributed by atoms with E-state index in [9.17, 15) is 43.2 Å². The number of ketones is 1. The van der Waals surface area contributed by atoms with Gasteiger partial charge in [-0.15, -0.1) is 5.10 Å². The summed E-state index contributed by atoms with van der Waals surface area (Å²) < 4.78 is 8.71. The van der Waals surface area contributed by atoms with Crippen molar-refractivity contribution in [1.82, 2.24) is 60.3 Å². The number of piperazine rings is 1. The van der Waals surface area contributed by atoms with Gasteiger partial charge in [-0.2, -0.15) is 4.98 Å². The first-order valence-electron chi connectivity index (χ1n) is 24.8. The Hall–Kier alpha value is -8.44. The van der Waals surface area contributed by atoms with E-state index in [0.29, 0.717) is 86.6 Å². The van der Waals surface area contributed by atoms with Crippen molar-refractivity contribution < 1.29 is 43.1 Å². The van der Waals surface area contributed by atoms with E-state index in [4.69, 9.17) is 9.72 Å². The lowest BCUT2D eigenvalue weighted by Crippen LogP contribution is -2.54. The van der Waals surface area contributed by atoms with Crippen molar-refractivity contribution in [3.05, 3.63) is 87.2 Å². The number of nitrogens with zero attached hydrogens (tertiary/aromatic N) is 10. The van der Waals surface area contributed by atoms with Gasteiger partial charge in [-0.1, -0.05) is 24.1 Å². The van der Waals surface area contributed by atoms with Gasteiger partial charge in [-0.25, -0.2) is 14.6 Å². The van der Waals surface area contributed by atoms with Crippen molar-refractivity contribution in [3.8, 4) is 5.75 Å². The zero-order valence-electron chi connectivity index (χ0n) is 41.1. The molecule has 1 atom stereocenters. The average Bonchev–Trinajstić information content (AvgIpc) is 4.14. The Morgan fingerprint density at radius 2 is 1.62 bits per heavy atom. The van der Waals surface area contributed by atoms with Crippen molar-refractivity contribution in [3.63, 3.8) is 0 Å². The number of carbonyl (C=O) groups excluding carboxylic acids is 8. The minimum Gasteiger partial charge on any atom is -0.483 e. The van der Waals surface area contributed by atoms with E-state index >= 15 is 0 Å². The highest BCUT2D eigenvalue weighted by molar-refractivity contribution is 6.24. The second kappa shape index (κ2) is 22.1. The van der Waals surface area contributed by atoms with Crippen LogP contribution < -0.4 is 36.5 Å². The number of piperidine rings is 1. The summed E-state index contributed by atoms with van der Waals surface area (Å²) in [4.78, 5) is 133. The number of aryl methyl sites for hydroxylation is 2. The maximum absolute atomic E-state index is 13.6. The number of nitrogens with one attached hydrogen (secondary N) is 4. The van der Waals surface area contributed by atoms with Crippen LogP contribution in [0.1, 0.15) is 113 Å². The van der Waals surface area contributed by atoms with Crippen LogP contribution in [-0.2, 0) is 36.9 Å². The molecule has 24 nitrogen and oxygen atoms in total. The lowest BCUT2D eigenvalue weighted by molar-refractivity contribution is -0.136. The van der Waals surface area contributed by atoms with Gasteiger partial charge >= 0.3 is 0 Å². The molecule has 4 aromatic heterocycles. The number of fused-ring (bicyclic) bond motifs is 2. The zero-order chi connectivity index (χ0) is 52.0. The third-order valence-corrected chi connectivity index (χ3v) is 13.8. The van der Waals surface area contributed by atoms with E-state index in [0.717, 1.165) is 36.3 Å². The monoisotopic (exact) mass is 1010 g/mol. The molecule has 9 rings (SSSR count). The van der Waals surface area contributed by atoms with Crippen molar-refractivity contribution in [2.24, 2.45) is 0 Å². The summed E-state index contributed by atoms with van der Waals surface area (Å²) in [5, 5.41) is 19.7. The predicted octanol–water partition coefficient (Wildman–Crippen LogP) is 1.92. The van der Waals surface area contributed by atoms with Gasteiger partial charge in [0, 0.05) is 82.4 Å². The Kier molecular flexibility index (Phi) is 15.1. The first-order valence-corrected chi connectivity index (χ1v) is 24.8. The highest BCUT2D eigenvalue weighted by atomic mass is 16.5. The number of rotatable bonds is 19. The van der Waals surface area contributed by atoms with Gasteiger partial charge in [0.25, 0.3) is 23.3 Å². The van der Waals surface area contributed by atoms with Gasteiger partial charge in [-0.3, -0.25) is 57.9 Å². The Morgan fingerprint density at radius 1 is 0.865 bits per heavy atom. The Morgan fingerprint density at radius 3 is 2.34 bits per heavy atom. The standard InChI is InChI=1S/C50H56N14O10/c1-29-35-25-54-50(57-45(35)63(32-8-3-4-9-32)48(72)43(29)30(2)65)55-38-15-13-33(24-53-38)60-20-22-61(23-21-60)42(69)17-12-31-26-62(59-58-31)27-40(67)51-18-5-6-19-52-41(68)28-74-37-11-7-10-34-44(37)49(73)64(47(34)71)36-14-16-39(66)56-46(36)70/h7,10-11,13,15,24-26,32,36H,3-6,8-9,12,14,16-23,27-28H2,1-2H3,(H,51,67)(H,52,68)(H,56,66,70)(H,53,54,55,57). The molecule has 5 aromatic rings. The van der Waals surface area contributed by atoms with Crippen LogP contribution in [-0.4, -0.2) is 143 Å². The van der Waals surface area contributed by atoms with Crippen molar-refractivity contribution in [1.29, 1.82) is 0 Å². The van der Waals surface area contributed by atoms with Crippen molar-refractivity contribution >= 4 is 75.6 Å². The SMILES string of the molecule is CC(=O)c1c(C)c2cnc(Nc3ccc(N4CCN(C(=O)CCc5cn(CC(=O)NCCCCNC(=O)COc6cccc7c6C(=O)N(C6CCC(=O)NC6=O)C7=O)nn5)CC4)cn3)nc2n(C2CCCC2)c1=O. The Bertz CT molecular complexity index is 3100. The number of aromatic nitrogens is 7. The third kappa shape index (κ3) is 11.0. The maximum atomic E-state index is 13.6. The summed E-state index contributed by atoms with van der Waals surface area (Å²) in [7, 11) is 0. The largest absolute Gasteiger partial charge is 0.483 e. The summed E-state index contributed by atoms with van der Waals surface area (Å²) in [6.07, 6.45) is 10.5. The van der Waals surface area contributed by atoms with Gasteiger partial charge < -0.3 is 30.5 Å². The number of unbranched alkanes of at least 4 members (excludes halogenated alkanes) is 1. The molecule has 1 saturated carbocycles. The molecule has 3 aliphatic heterocycles. The first kappa shape index (κ1) is 50.5. The fourth-order valence-electron chi connectivity index (χ4n) is 9.92. The fourth-order valence-corrected chi connectivity index (χ4v) is 9.92. The van der Waals surface area contributed by atoms with Gasteiger partial charge in [0.15, 0.2) is 12.4 Å². The number of hydrogen-bond donors (Lipinski definition) is 4. The minimum absolute atomic E-state index is 0.00611. The number of hydrogen-bond acceptors (Lipinski definition) is 17. The number of imide groups is 2. The Balaban J connectivity index is 0.652. The van der Waals surface area contributed by atoms with Crippen LogP contribution >= 0.6 is 0 Å². The van der Waals surface area contributed by atoms with E-state index in [-0.39, 0.29) is 83.4 Å². The normalized spacial score (nSPS) is 16.9. The fraction of sp³-hybridized carbons (Fsp3) is 0.440. The molecule has 4 N–H and O–H groups in total. The molecule has 0 spiro atoms. The lowest BCUT2D eigenvalue weighted by atomic mass is 10.0. The smallest absolute Gasteiger partial charge is 0.266 e. The number of anilines is 3. The molecule has 386 valence electrons. The van der Waals surface area contributed by atoms with Gasteiger partial charge in [-0.05, 0) is 75.8 Å². The molecule has 1 aromatic carbocycles. The van der Waals surface area contributed by atoms with Crippen LogP contribution in [0.2, 0.25) is 0 Å². The summed E-state index contributed by atoms with van der Waals surface area (Å²) >= 11 is 0. The number of benzene rings is 1. The van der Waals surface area contributed by atoms with Crippen molar-refractivity contribution in [2.75, 3.05) is 56.1 Å². The average molecular weight is 1010 g/mol. The number of carbonyl (C=O) groups is 8. The molecule has 2 saturated heterocycles. The molecule has 4 aliphatic rings. The zero-order valence-corrected chi connectivity index (χ0v) is 41.1. The summed E-state index contributed by atoms with van der Waals surface area (Å²) in [6, 6.07) is 7.01. The number of amides is 7. The molecule has 7 amide bonds. The van der Waals surface area contributed by atoms with Crippen LogP contribution in [0.4, 0.5) is 17.5 Å². The van der Waals surface area contributed by atoms with E-state index in [2.05, 4.69) is 46.4 Å². The van der Waals surface area contributed by atoms with E-state index in [1.807, 2.05) is 17.0 Å². The lowest BCUT2D eigenvalue weighted by Gasteiger charge is -2.36. The second-order valence-corrected chi connectivity index (χ2v) is 18.7. The molecule has 74 heavy (non-hydrogen) atoms. The number of Topliss-reactive ketones (excluding diaryl/α,β-unsaturated/α-hetero) is 1. The molecular formula is C50H56N14O10. The van der Waals surface area contributed by atoms with E-state index < -0.39 is 42.2 Å². The van der Waals surface area contributed by atoms with Crippen LogP contribution in [0.5, 0.6) is 5.75 Å². The number of ether oxygens (including phenoxy) is 1. The minimum atomic E-state index is -1.13. The summed E-state index contributed by atoms with van der Waals surface area (Å²) in [5.74, 6) is -2.81. The van der Waals surface area contributed by atoms with Gasteiger partial charge in [0.05, 0.1) is 34.3 Å². The second-order valence-electron chi connectivity index (χ2n) is 18.7. The quantitative estimate of drug-likeness (QED) is 0.0522. The van der Waals surface area contributed by atoms with Crippen LogP contribution in [0.3, 0.4) is 0 Å². The molecule has 7 heterocycles.